The fraction of sp³-hybridized carbons (Fsp3) is 0.231. The zero-order valence-electron chi connectivity index (χ0n) is 11.1. The predicted molar refractivity (Wildman–Crippen MR) is 70.7 cm³/mol. The molecule has 7 heteroatoms. The largest absolute Gasteiger partial charge is 0.466 e. The van der Waals surface area contributed by atoms with Crippen LogP contribution in [0.4, 0.5) is 5.95 Å². The summed E-state index contributed by atoms with van der Waals surface area (Å²) in [5, 5.41) is 7.25. The first-order valence-corrected chi connectivity index (χ1v) is 6.08. The first-order chi connectivity index (χ1) is 9.72. The Balaban J connectivity index is 2.19. The molecule has 2 aromatic rings. The second kappa shape index (κ2) is 4.76. The van der Waals surface area contributed by atoms with Crippen molar-refractivity contribution in [1.29, 1.82) is 0 Å². The van der Waals surface area contributed by atoms with Gasteiger partial charge in [-0.3, -0.25) is 4.98 Å². The highest BCUT2D eigenvalue weighted by molar-refractivity contribution is 5.92. The molecule has 0 fully saturated rings. The van der Waals surface area contributed by atoms with E-state index in [-0.39, 0.29) is 6.04 Å². The van der Waals surface area contributed by atoms with Gasteiger partial charge in [0.1, 0.15) is 12.4 Å². The summed E-state index contributed by atoms with van der Waals surface area (Å²) in [6, 6.07) is 3.32. The quantitative estimate of drug-likeness (QED) is 0.825. The lowest BCUT2D eigenvalue weighted by Gasteiger charge is -2.27. The number of esters is 1. The van der Waals surface area contributed by atoms with Gasteiger partial charge >= 0.3 is 5.97 Å². The monoisotopic (exact) mass is 271 g/mol. The third-order valence-electron chi connectivity index (χ3n) is 3.22. The number of carbonyl (C=O) groups is 1. The molecule has 3 rings (SSSR count). The van der Waals surface area contributed by atoms with Crippen LogP contribution < -0.4 is 5.32 Å². The van der Waals surface area contributed by atoms with Gasteiger partial charge in [0.25, 0.3) is 0 Å². The maximum atomic E-state index is 12.1. The minimum atomic E-state index is -0.391. The summed E-state index contributed by atoms with van der Waals surface area (Å²) in [6.07, 6.45) is 4.81. The van der Waals surface area contributed by atoms with Crippen molar-refractivity contribution in [3.05, 3.63) is 47.7 Å². The van der Waals surface area contributed by atoms with E-state index in [0.29, 0.717) is 17.2 Å². The molecule has 7 nitrogen and oxygen atoms in total. The van der Waals surface area contributed by atoms with Crippen LogP contribution in [0.5, 0.6) is 0 Å². The lowest BCUT2D eigenvalue weighted by molar-refractivity contribution is -0.136. The molecule has 0 radical (unpaired) electrons. The van der Waals surface area contributed by atoms with Crippen molar-refractivity contribution >= 4 is 11.9 Å². The second-order valence-electron chi connectivity index (χ2n) is 4.37. The van der Waals surface area contributed by atoms with E-state index in [1.54, 1.807) is 17.1 Å². The number of allylic oxidation sites excluding steroid dienone is 1. The normalized spacial score (nSPS) is 17.4. The van der Waals surface area contributed by atoms with Gasteiger partial charge in [0.2, 0.25) is 5.95 Å². The lowest BCUT2D eigenvalue weighted by Crippen LogP contribution is -2.29. The summed E-state index contributed by atoms with van der Waals surface area (Å²) in [7, 11) is 1.36. The molecule has 2 aromatic heterocycles. The van der Waals surface area contributed by atoms with Gasteiger partial charge < -0.3 is 10.1 Å². The Kier molecular flexibility index (Phi) is 2.94. The number of hydrogen-bond donors (Lipinski definition) is 1. The van der Waals surface area contributed by atoms with Crippen molar-refractivity contribution < 1.29 is 9.53 Å². The minimum Gasteiger partial charge on any atom is -0.466 e. The molecule has 1 aliphatic heterocycles. The minimum absolute atomic E-state index is 0.371. The third kappa shape index (κ3) is 1.83. The zero-order chi connectivity index (χ0) is 14.1. The number of nitrogens with zero attached hydrogens (tertiary/aromatic N) is 4. The number of fused-ring (bicyclic) bond motifs is 1. The van der Waals surface area contributed by atoms with E-state index >= 15 is 0 Å². The van der Waals surface area contributed by atoms with Gasteiger partial charge in [0.15, 0.2) is 0 Å². The Bertz CT molecular complexity index is 677. The highest BCUT2D eigenvalue weighted by Gasteiger charge is 2.33. The average molecular weight is 271 g/mol. The number of anilines is 1. The van der Waals surface area contributed by atoms with Crippen LogP contribution in [0.25, 0.3) is 0 Å². The molecule has 0 saturated carbocycles. The van der Waals surface area contributed by atoms with Crippen LogP contribution >= 0.6 is 0 Å². The van der Waals surface area contributed by atoms with E-state index in [0.717, 1.165) is 5.56 Å². The second-order valence-corrected chi connectivity index (χ2v) is 4.37. The van der Waals surface area contributed by atoms with Gasteiger partial charge in [0.05, 0.1) is 12.7 Å². The van der Waals surface area contributed by atoms with E-state index in [1.165, 1.54) is 13.4 Å². The van der Waals surface area contributed by atoms with Crippen molar-refractivity contribution in [1.82, 2.24) is 19.7 Å². The van der Waals surface area contributed by atoms with Crippen LogP contribution in [-0.2, 0) is 9.53 Å². The first kappa shape index (κ1) is 12.3. The van der Waals surface area contributed by atoms with Crippen LogP contribution in [0.1, 0.15) is 18.5 Å². The lowest BCUT2D eigenvalue weighted by atomic mass is 9.97. The number of methoxy groups -OCH3 is 1. The van der Waals surface area contributed by atoms with Crippen LogP contribution in [0.2, 0.25) is 0 Å². The summed E-state index contributed by atoms with van der Waals surface area (Å²) >= 11 is 0. The topological polar surface area (TPSA) is 81.9 Å². The Morgan fingerprint density at radius 2 is 2.15 bits per heavy atom. The number of nitrogens with one attached hydrogen (secondary N) is 1. The molecule has 0 aromatic carbocycles. The van der Waals surface area contributed by atoms with E-state index in [9.17, 15) is 4.79 Å². The molecule has 3 heterocycles. The Morgan fingerprint density at radius 3 is 2.85 bits per heavy atom. The molecule has 1 atom stereocenters. The number of pyridine rings is 1. The van der Waals surface area contributed by atoms with E-state index < -0.39 is 5.97 Å². The number of hydrogen-bond acceptors (Lipinski definition) is 6. The van der Waals surface area contributed by atoms with Gasteiger partial charge in [-0.05, 0) is 24.6 Å². The molecular formula is C13H13N5O2. The summed E-state index contributed by atoms with van der Waals surface area (Å²) in [6.45, 7) is 1.82. The molecule has 0 saturated heterocycles. The molecule has 0 amide bonds. The summed E-state index contributed by atoms with van der Waals surface area (Å²) < 4.78 is 6.55. The molecule has 0 aliphatic carbocycles. The molecule has 1 aliphatic rings. The van der Waals surface area contributed by atoms with Gasteiger partial charge in [0, 0.05) is 18.1 Å². The van der Waals surface area contributed by atoms with Crippen LogP contribution in [0.3, 0.4) is 0 Å². The van der Waals surface area contributed by atoms with Crippen molar-refractivity contribution in [2.24, 2.45) is 0 Å². The smallest absolute Gasteiger partial charge is 0.338 e. The number of rotatable bonds is 2. The molecule has 1 N–H and O–H groups in total. The molecule has 20 heavy (non-hydrogen) atoms. The molecule has 1 unspecified atom stereocenters. The molecule has 0 bridgehead atoms. The number of carbonyl (C=O) groups excluding carboxylic acids is 1. The molecule has 102 valence electrons. The van der Waals surface area contributed by atoms with Crippen molar-refractivity contribution in [3.8, 4) is 0 Å². The first-order valence-electron chi connectivity index (χ1n) is 6.08. The SMILES string of the molecule is COC(=O)C1=C(C)Nc2ncnn2C1c1ccncc1. The van der Waals surface area contributed by atoms with Crippen LogP contribution in [0.15, 0.2) is 42.1 Å². The van der Waals surface area contributed by atoms with Gasteiger partial charge in [-0.2, -0.15) is 10.1 Å². The fourth-order valence-corrected chi connectivity index (χ4v) is 2.32. The fourth-order valence-electron chi connectivity index (χ4n) is 2.32. The van der Waals surface area contributed by atoms with Crippen molar-refractivity contribution in [3.63, 3.8) is 0 Å². The Labute approximate surface area is 115 Å². The summed E-state index contributed by atoms with van der Waals surface area (Å²) in [4.78, 5) is 20.2. The van der Waals surface area contributed by atoms with Crippen LogP contribution in [0, 0.1) is 0 Å². The zero-order valence-corrected chi connectivity index (χ0v) is 11.1. The van der Waals surface area contributed by atoms with Gasteiger partial charge in [-0.1, -0.05) is 0 Å². The Morgan fingerprint density at radius 1 is 1.40 bits per heavy atom. The summed E-state index contributed by atoms with van der Waals surface area (Å²) in [5.74, 6) is 0.204. The highest BCUT2D eigenvalue weighted by Crippen LogP contribution is 2.34. The van der Waals surface area contributed by atoms with E-state index in [2.05, 4.69) is 20.4 Å². The van der Waals surface area contributed by atoms with Gasteiger partial charge in [-0.25, -0.2) is 9.48 Å². The maximum absolute atomic E-state index is 12.1. The Hall–Kier alpha value is -2.70. The molecule has 0 spiro atoms. The third-order valence-corrected chi connectivity index (χ3v) is 3.22. The van der Waals surface area contributed by atoms with Crippen molar-refractivity contribution in [2.45, 2.75) is 13.0 Å². The average Bonchev–Trinajstić information content (AvgIpc) is 2.93. The number of aromatic nitrogens is 4. The molecular weight excluding hydrogens is 258 g/mol. The van der Waals surface area contributed by atoms with Gasteiger partial charge in [-0.15, -0.1) is 0 Å². The predicted octanol–water partition coefficient (Wildman–Crippen LogP) is 1.13. The maximum Gasteiger partial charge on any atom is 0.338 e. The van der Waals surface area contributed by atoms with Crippen molar-refractivity contribution in [2.75, 3.05) is 12.4 Å². The van der Waals surface area contributed by atoms with E-state index in [1.807, 2.05) is 19.1 Å². The standard InChI is InChI=1S/C13H13N5O2/c1-8-10(12(19)20-2)11(9-3-5-14-6-4-9)18-13(17-8)15-7-16-18/h3-7,11H,1-2H3,(H,15,16,17). The van der Waals surface area contributed by atoms with E-state index in [4.69, 9.17) is 4.74 Å². The highest BCUT2D eigenvalue weighted by atomic mass is 16.5. The summed E-state index contributed by atoms with van der Waals surface area (Å²) in [5.41, 5.74) is 2.11. The van der Waals surface area contributed by atoms with Crippen LogP contribution in [-0.4, -0.2) is 32.8 Å². The number of ether oxygens (including phenoxy) is 1.